The molecule has 2 N–H and O–H groups in total. The molecule has 2 rings (SSSR count). The number of nitrogens with zero attached hydrogens (tertiary/aromatic N) is 1. The summed E-state index contributed by atoms with van der Waals surface area (Å²) in [6, 6.07) is 5.99. The normalized spacial score (nSPS) is 10.8. The number of esters is 1. The van der Waals surface area contributed by atoms with Crippen LogP contribution in [0.15, 0.2) is 40.0 Å². The van der Waals surface area contributed by atoms with E-state index in [0.717, 1.165) is 22.9 Å². The van der Waals surface area contributed by atoms with E-state index in [0.29, 0.717) is 5.69 Å². The zero-order valence-corrected chi connectivity index (χ0v) is 14.8. The number of nitrogens with one attached hydrogen (secondary N) is 1. The van der Waals surface area contributed by atoms with Crippen molar-refractivity contribution >= 4 is 16.1 Å². The van der Waals surface area contributed by atoms with Gasteiger partial charge in [0.15, 0.2) is 0 Å². The molecule has 0 aliphatic heterocycles. The van der Waals surface area contributed by atoms with Gasteiger partial charge in [0, 0.05) is 6.07 Å². The van der Waals surface area contributed by atoms with Crippen LogP contribution in [0.25, 0.3) is 5.69 Å². The summed E-state index contributed by atoms with van der Waals surface area (Å²) in [7, 11) is -4.30. The number of ether oxygens (including phenoxy) is 1. The molecule has 1 heterocycles. The number of aromatic nitrogens is 2. The molecule has 10 heteroatoms. The van der Waals surface area contributed by atoms with Gasteiger partial charge in [0.1, 0.15) is 5.69 Å². The smallest absolute Gasteiger partial charge is 1.00 e. The minimum atomic E-state index is -4.30. The third-order valence-electron chi connectivity index (χ3n) is 2.61. The van der Waals surface area contributed by atoms with Gasteiger partial charge in [-0.15, -0.1) is 0 Å². The monoisotopic (exact) mass is 336 g/mol. The molecule has 0 bridgehead atoms. The maximum Gasteiger partial charge on any atom is 1.00 e. The van der Waals surface area contributed by atoms with Crippen molar-refractivity contribution in [2.75, 3.05) is 6.61 Å². The summed E-state index contributed by atoms with van der Waals surface area (Å²) in [5.41, 5.74) is -0.207. The number of carbonyl (C=O) groups is 1. The van der Waals surface area contributed by atoms with Crippen molar-refractivity contribution in [2.24, 2.45) is 0 Å². The fourth-order valence-electron chi connectivity index (χ4n) is 1.67. The number of hydrogen-bond acceptors (Lipinski definition) is 5. The van der Waals surface area contributed by atoms with E-state index in [4.69, 9.17) is 9.29 Å². The van der Waals surface area contributed by atoms with Gasteiger partial charge in [-0.1, -0.05) is 0 Å². The molecule has 0 aliphatic rings. The van der Waals surface area contributed by atoms with E-state index in [2.05, 4.69) is 5.10 Å². The number of hydrogen-bond donors (Lipinski definition) is 2. The fraction of sp³-hybridized carbons (Fsp3) is 0.167. The molecular weight excluding hydrogens is 323 g/mol. The maximum absolute atomic E-state index is 11.8. The Bertz CT molecular complexity index is 828. The molecule has 114 valence electrons. The van der Waals surface area contributed by atoms with Gasteiger partial charge in [-0.25, -0.2) is 9.48 Å². The molecule has 2 aromatic rings. The number of aromatic amines is 1. The van der Waals surface area contributed by atoms with E-state index in [-0.39, 0.29) is 48.2 Å². The quantitative estimate of drug-likeness (QED) is 0.368. The summed E-state index contributed by atoms with van der Waals surface area (Å²) in [6.45, 7) is 1.82. The van der Waals surface area contributed by atoms with Crippen molar-refractivity contribution in [3.8, 4) is 5.69 Å². The summed E-state index contributed by atoms with van der Waals surface area (Å²) in [6.07, 6.45) is 0. The summed E-state index contributed by atoms with van der Waals surface area (Å²) in [4.78, 5) is 23.0. The molecular formula is C12H13N2NaO6S. The van der Waals surface area contributed by atoms with Crippen LogP contribution in [0.1, 0.15) is 18.8 Å². The molecule has 0 aliphatic carbocycles. The first kappa shape index (κ1) is 18.7. The number of rotatable bonds is 4. The standard InChI is InChI=1S/C12H12N2O6S.Na.H/c1-2-20-12(16)10-7-11(15)14(13-10)8-3-5-9(6-4-8)21(17,18)19;;/h3-7,13H,2H2,1H3,(H,17,18,19);;/q;+1;-1. The topological polar surface area (TPSA) is 118 Å². The van der Waals surface area contributed by atoms with Crippen molar-refractivity contribution in [1.82, 2.24) is 9.78 Å². The van der Waals surface area contributed by atoms with Crippen LogP contribution in [-0.4, -0.2) is 35.3 Å². The SMILES string of the molecule is CCOC(=O)c1cc(=O)n(-c2ccc(S(=O)(=O)O)cc2)[nH]1.[H-].[Na+]. The number of carbonyl (C=O) groups excluding carboxylic acids is 1. The van der Waals surface area contributed by atoms with Gasteiger partial charge in [0.2, 0.25) is 0 Å². The van der Waals surface area contributed by atoms with Crippen LogP contribution in [0.4, 0.5) is 0 Å². The summed E-state index contributed by atoms with van der Waals surface area (Å²) in [5.74, 6) is -0.664. The molecule has 0 unspecified atom stereocenters. The van der Waals surface area contributed by atoms with E-state index >= 15 is 0 Å². The molecule has 1 aromatic carbocycles. The first-order valence-electron chi connectivity index (χ1n) is 5.90. The zero-order valence-electron chi connectivity index (χ0n) is 12.9. The van der Waals surface area contributed by atoms with Crippen molar-refractivity contribution in [2.45, 2.75) is 11.8 Å². The Labute approximate surface area is 149 Å². The van der Waals surface area contributed by atoms with E-state index in [1.165, 1.54) is 12.1 Å². The van der Waals surface area contributed by atoms with Gasteiger partial charge in [0.05, 0.1) is 17.2 Å². The van der Waals surface area contributed by atoms with E-state index in [1.54, 1.807) is 6.92 Å². The molecule has 0 atom stereocenters. The minimum Gasteiger partial charge on any atom is -1.00 e. The van der Waals surface area contributed by atoms with Crippen molar-refractivity contribution in [3.05, 3.63) is 46.4 Å². The second-order valence-corrected chi connectivity index (χ2v) is 5.45. The summed E-state index contributed by atoms with van der Waals surface area (Å²) < 4.78 is 36.6. The average molecular weight is 336 g/mol. The van der Waals surface area contributed by atoms with Crippen LogP contribution in [0.5, 0.6) is 0 Å². The Hall–Kier alpha value is -1.39. The van der Waals surface area contributed by atoms with Crippen LogP contribution in [0.2, 0.25) is 0 Å². The van der Waals surface area contributed by atoms with Crippen molar-refractivity contribution in [3.63, 3.8) is 0 Å². The Morgan fingerprint density at radius 1 is 1.36 bits per heavy atom. The van der Waals surface area contributed by atoms with Crippen molar-refractivity contribution < 1.29 is 53.5 Å². The first-order chi connectivity index (χ1) is 9.82. The van der Waals surface area contributed by atoms with Crippen LogP contribution in [-0.2, 0) is 14.9 Å². The maximum atomic E-state index is 11.8. The van der Waals surface area contributed by atoms with E-state index in [1.807, 2.05) is 0 Å². The molecule has 0 saturated carbocycles. The Morgan fingerprint density at radius 3 is 2.45 bits per heavy atom. The predicted octanol–water partition coefficient (Wildman–Crippen LogP) is -2.29. The molecule has 0 radical (unpaired) electrons. The molecule has 0 saturated heterocycles. The first-order valence-corrected chi connectivity index (χ1v) is 7.34. The third kappa shape index (κ3) is 4.08. The second-order valence-electron chi connectivity index (χ2n) is 4.03. The predicted molar refractivity (Wildman–Crippen MR) is 73.3 cm³/mol. The molecule has 0 amide bonds. The molecule has 0 spiro atoms. The molecule has 22 heavy (non-hydrogen) atoms. The van der Waals surface area contributed by atoms with Gasteiger partial charge in [-0.2, -0.15) is 8.42 Å². The molecule has 8 nitrogen and oxygen atoms in total. The average Bonchev–Trinajstić information content (AvgIpc) is 2.80. The van der Waals surface area contributed by atoms with E-state index in [9.17, 15) is 18.0 Å². The van der Waals surface area contributed by atoms with E-state index < -0.39 is 21.6 Å². The van der Waals surface area contributed by atoms with Crippen molar-refractivity contribution in [1.29, 1.82) is 0 Å². The van der Waals surface area contributed by atoms with Crippen LogP contribution in [0.3, 0.4) is 0 Å². The van der Waals surface area contributed by atoms with Gasteiger partial charge in [0.25, 0.3) is 15.7 Å². The fourth-order valence-corrected chi connectivity index (χ4v) is 2.15. The molecule has 1 aromatic heterocycles. The minimum absolute atomic E-state index is 0. The Kier molecular flexibility index (Phi) is 6.15. The van der Waals surface area contributed by atoms with Gasteiger partial charge in [-0.05, 0) is 31.2 Å². The Balaban J connectivity index is 0.00000242. The summed E-state index contributed by atoms with van der Waals surface area (Å²) >= 11 is 0. The second kappa shape index (κ2) is 7.25. The van der Waals surface area contributed by atoms with Crippen LogP contribution in [0, 0.1) is 0 Å². The largest absolute Gasteiger partial charge is 1.00 e. The third-order valence-corrected chi connectivity index (χ3v) is 3.48. The van der Waals surface area contributed by atoms with Gasteiger partial charge < -0.3 is 6.16 Å². The van der Waals surface area contributed by atoms with Crippen LogP contribution < -0.4 is 35.1 Å². The van der Waals surface area contributed by atoms with Gasteiger partial charge in [-0.3, -0.25) is 14.4 Å². The zero-order chi connectivity index (χ0) is 15.6. The number of H-pyrrole nitrogens is 1. The number of benzene rings is 1. The Morgan fingerprint density at radius 2 is 1.95 bits per heavy atom. The van der Waals surface area contributed by atoms with Crippen LogP contribution >= 0.6 is 0 Å². The van der Waals surface area contributed by atoms with Gasteiger partial charge >= 0.3 is 35.5 Å². The summed E-state index contributed by atoms with van der Waals surface area (Å²) in [5, 5.41) is 2.56. The molecule has 0 fully saturated rings.